The van der Waals surface area contributed by atoms with E-state index in [-0.39, 0.29) is 5.38 Å². The number of nitrogens with zero attached hydrogens (tertiary/aromatic N) is 2. The summed E-state index contributed by atoms with van der Waals surface area (Å²) in [6, 6.07) is 8.71. The van der Waals surface area contributed by atoms with E-state index in [0.717, 1.165) is 25.1 Å². The zero-order valence-corrected chi connectivity index (χ0v) is 14.3. The molecule has 0 radical (unpaired) electrons. The van der Waals surface area contributed by atoms with Gasteiger partial charge in [0.15, 0.2) is 0 Å². The first kappa shape index (κ1) is 15.0. The van der Waals surface area contributed by atoms with Gasteiger partial charge < -0.3 is 0 Å². The number of fused-ring (bicyclic) bond motifs is 1. The Kier molecular flexibility index (Phi) is 4.32. The Morgan fingerprint density at radius 1 is 1.38 bits per heavy atom. The number of hydrogen-bond acceptors (Lipinski definition) is 2. The number of thioether (sulfide) groups is 1. The van der Waals surface area contributed by atoms with Crippen molar-refractivity contribution in [2.45, 2.75) is 55.7 Å². The topological polar surface area (TPSA) is 17.8 Å². The van der Waals surface area contributed by atoms with Gasteiger partial charge in [-0.25, -0.2) is 0 Å². The molecule has 2 unspecified atom stereocenters. The SMILES string of the molecule is CCC(Cl)c1c(C)nn(CC2Cc3ccccc3S2)c1C. The number of benzene rings is 1. The number of halogens is 1. The van der Waals surface area contributed by atoms with Gasteiger partial charge in [-0.2, -0.15) is 5.10 Å². The van der Waals surface area contributed by atoms with E-state index in [2.05, 4.69) is 49.7 Å². The summed E-state index contributed by atoms with van der Waals surface area (Å²) in [5.74, 6) is 0. The van der Waals surface area contributed by atoms with E-state index < -0.39 is 0 Å². The summed E-state index contributed by atoms with van der Waals surface area (Å²) in [6.45, 7) is 7.30. The molecule has 2 nitrogen and oxygen atoms in total. The first-order valence-corrected chi connectivity index (χ1v) is 8.84. The van der Waals surface area contributed by atoms with E-state index in [4.69, 9.17) is 16.7 Å². The van der Waals surface area contributed by atoms with E-state index in [0.29, 0.717) is 5.25 Å². The maximum absolute atomic E-state index is 6.45. The van der Waals surface area contributed by atoms with E-state index in [1.807, 2.05) is 11.8 Å². The van der Waals surface area contributed by atoms with Gasteiger partial charge in [0, 0.05) is 21.4 Å². The number of alkyl halides is 1. The van der Waals surface area contributed by atoms with E-state index in [1.165, 1.54) is 21.7 Å². The molecule has 0 aliphatic carbocycles. The molecular weight excluding hydrogens is 300 g/mol. The van der Waals surface area contributed by atoms with Crippen LogP contribution in [0.4, 0.5) is 0 Å². The molecule has 1 aliphatic rings. The number of hydrogen-bond donors (Lipinski definition) is 0. The Morgan fingerprint density at radius 2 is 2.14 bits per heavy atom. The lowest BCUT2D eigenvalue weighted by atomic mass is 10.1. The molecule has 2 atom stereocenters. The van der Waals surface area contributed by atoms with Crippen molar-refractivity contribution in [1.29, 1.82) is 0 Å². The summed E-state index contributed by atoms with van der Waals surface area (Å²) < 4.78 is 2.15. The number of aryl methyl sites for hydroxylation is 1. The monoisotopic (exact) mass is 320 g/mol. The maximum atomic E-state index is 6.45. The van der Waals surface area contributed by atoms with Crippen molar-refractivity contribution in [1.82, 2.24) is 9.78 Å². The number of rotatable bonds is 4. The van der Waals surface area contributed by atoms with Crippen LogP contribution in [-0.4, -0.2) is 15.0 Å². The highest BCUT2D eigenvalue weighted by atomic mass is 35.5. The largest absolute Gasteiger partial charge is 0.268 e. The van der Waals surface area contributed by atoms with Crippen LogP contribution in [0.15, 0.2) is 29.2 Å². The lowest BCUT2D eigenvalue weighted by Crippen LogP contribution is -2.14. The van der Waals surface area contributed by atoms with Crippen LogP contribution < -0.4 is 0 Å². The molecule has 0 amide bonds. The average Bonchev–Trinajstić information content (AvgIpc) is 2.99. The van der Waals surface area contributed by atoms with Gasteiger partial charge in [-0.15, -0.1) is 23.4 Å². The molecule has 0 spiro atoms. The highest BCUT2D eigenvalue weighted by Gasteiger charge is 2.24. The third-order valence-corrected chi connectivity index (χ3v) is 6.03. The number of aromatic nitrogens is 2. The standard InChI is InChI=1S/C17H21ClN2S/c1-4-15(18)17-11(2)19-20(12(17)3)10-14-9-13-7-5-6-8-16(13)21-14/h5-8,14-15H,4,9-10H2,1-3H3. The van der Waals surface area contributed by atoms with Crippen molar-refractivity contribution >= 4 is 23.4 Å². The molecule has 0 saturated heterocycles. The Hall–Kier alpha value is -0.930. The van der Waals surface area contributed by atoms with Crippen LogP contribution in [0.2, 0.25) is 0 Å². The predicted molar refractivity (Wildman–Crippen MR) is 90.4 cm³/mol. The van der Waals surface area contributed by atoms with Crippen LogP contribution in [0.3, 0.4) is 0 Å². The van der Waals surface area contributed by atoms with Crippen LogP contribution in [0, 0.1) is 13.8 Å². The minimum absolute atomic E-state index is 0.0761. The lowest BCUT2D eigenvalue weighted by molar-refractivity contribution is 0.576. The smallest absolute Gasteiger partial charge is 0.0643 e. The normalized spacial score (nSPS) is 18.8. The minimum atomic E-state index is 0.0761. The second-order valence-electron chi connectivity index (χ2n) is 5.69. The predicted octanol–water partition coefficient (Wildman–Crippen LogP) is 4.91. The lowest BCUT2D eigenvalue weighted by Gasteiger charge is -2.12. The molecule has 1 aromatic heterocycles. The molecule has 0 fully saturated rings. The van der Waals surface area contributed by atoms with Gasteiger partial charge in [0.05, 0.1) is 17.6 Å². The average molecular weight is 321 g/mol. The van der Waals surface area contributed by atoms with Gasteiger partial charge in [0.2, 0.25) is 0 Å². The van der Waals surface area contributed by atoms with Crippen molar-refractivity contribution in [3.8, 4) is 0 Å². The fraction of sp³-hybridized carbons (Fsp3) is 0.471. The van der Waals surface area contributed by atoms with Crippen LogP contribution in [0.25, 0.3) is 0 Å². The van der Waals surface area contributed by atoms with Crippen LogP contribution in [0.5, 0.6) is 0 Å². The summed E-state index contributed by atoms with van der Waals surface area (Å²) in [5, 5.41) is 5.37. The van der Waals surface area contributed by atoms with Gasteiger partial charge in [-0.05, 0) is 38.3 Å². The highest BCUT2D eigenvalue weighted by molar-refractivity contribution is 8.00. The van der Waals surface area contributed by atoms with E-state index in [1.54, 1.807) is 0 Å². The Bertz CT molecular complexity index is 625. The molecule has 1 aliphatic heterocycles. The highest BCUT2D eigenvalue weighted by Crippen LogP contribution is 2.38. The summed E-state index contributed by atoms with van der Waals surface area (Å²) in [5.41, 5.74) is 5.00. The van der Waals surface area contributed by atoms with Gasteiger partial charge in [-0.1, -0.05) is 25.1 Å². The van der Waals surface area contributed by atoms with E-state index in [9.17, 15) is 0 Å². The molecule has 1 aromatic carbocycles. The van der Waals surface area contributed by atoms with Crippen molar-refractivity contribution in [3.05, 3.63) is 46.8 Å². The molecule has 112 valence electrons. The summed E-state index contributed by atoms with van der Waals surface area (Å²) in [7, 11) is 0. The van der Waals surface area contributed by atoms with Crippen molar-refractivity contribution < 1.29 is 0 Å². The second kappa shape index (κ2) is 6.05. The van der Waals surface area contributed by atoms with Crippen LogP contribution >= 0.6 is 23.4 Å². The zero-order valence-electron chi connectivity index (χ0n) is 12.8. The van der Waals surface area contributed by atoms with Gasteiger partial charge in [-0.3, -0.25) is 4.68 Å². The third-order valence-electron chi connectivity index (χ3n) is 4.20. The molecule has 4 heteroatoms. The maximum Gasteiger partial charge on any atom is 0.0643 e. The van der Waals surface area contributed by atoms with Crippen LogP contribution in [0.1, 0.15) is 41.2 Å². The molecule has 0 bridgehead atoms. The zero-order chi connectivity index (χ0) is 15.0. The van der Waals surface area contributed by atoms with Gasteiger partial charge in [0.25, 0.3) is 0 Å². The Balaban J connectivity index is 1.78. The molecule has 21 heavy (non-hydrogen) atoms. The molecule has 0 N–H and O–H groups in total. The minimum Gasteiger partial charge on any atom is -0.268 e. The van der Waals surface area contributed by atoms with Crippen molar-refractivity contribution in [2.24, 2.45) is 0 Å². The third kappa shape index (κ3) is 2.86. The Labute approximate surface area is 135 Å². The first-order valence-electron chi connectivity index (χ1n) is 7.52. The van der Waals surface area contributed by atoms with Gasteiger partial charge >= 0.3 is 0 Å². The van der Waals surface area contributed by atoms with Crippen LogP contribution in [-0.2, 0) is 13.0 Å². The second-order valence-corrected chi connectivity index (χ2v) is 7.56. The summed E-state index contributed by atoms with van der Waals surface area (Å²) in [6.07, 6.45) is 2.07. The van der Waals surface area contributed by atoms with Crippen molar-refractivity contribution in [2.75, 3.05) is 0 Å². The Morgan fingerprint density at radius 3 is 2.86 bits per heavy atom. The fourth-order valence-electron chi connectivity index (χ4n) is 3.09. The molecule has 3 rings (SSSR count). The molecule has 0 saturated carbocycles. The summed E-state index contributed by atoms with van der Waals surface area (Å²) in [4.78, 5) is 1.42. The fourth-order valence-corrected chi connectivity index (χ4v) is 4.71. The molecular formula is C17H21ClN2S. The molecule has 2 aromatic rings. The molecule has 2 heterocycles. The van der Waals surface area contributed by atoms with Crippen molar-refractivity contribution in [3.63, 3.8) is 0 Å². The van der Waals surface area contributed by atoms with E-state index >= 15 is 0 Å². The first-order chi connectivity index (χ1) is 10.1. The van der Waals surface area contributed by atoms with Gasteiger partial charge in [0.1, 0.15) is 0 Å². The quantitative estimate of drug-likeness (QED) is 0.745. The summed E-state index contributed by atoms with van der Waals surface area (Å²) >= 11 is 8.42.